The topological polar surface area (TPSA) is 32.3 Å². The number of aryl methyl sites for hydroxylation is 1. The summed E-state index contributed by atoms with van der Waals surface area (Å²) in [5, 5.41) is 13.1. The fourth-order valence-corrected chi connectivity index (χ4v) is 2.24. The average Bonchev–Trinajstić information content (AvgIpc) is 2.62. The van der Waals surface area contributed by atoms with Crippen molar-refractivity contribution in [2.45, 2.75) is 32.2 Å². The summed E-state index contributed by atoms with van der Waals surface area (Å²) < 4.78 is 13.5. The number of aromatic hydroxyl groups is 1. The van der Waals surface area contributed by atoms with Gasteiger partial charge in [-0.3, -0.25) is 0 Å². The Morgan fingerprint density at radius 3 is 2.80 bits per heavy atom. The highest BCUT2D eigenvalue weighted by molar-refractivity contribution is 5.42. The van der Waals surface area contributed by atoms with Gasteiger partial charge in [-0.25, -0.2) is 4.39 Å². The van der Waals surface area contributed by atoms with Gasteiger partial charge in [0, 0.05) is 11.1 Å². The largest absolute Gasteiger partial charge is 0.505 e. The minimum absolute atomic E-state index is 0.202. The molecule has 1 aliphatic rings. The third-order valence-corrected chi connectivity index (χ3v) is 3.27. The summed E-state index contributed by atoms with van der Waals surface area (Å²) in [4.78, 5) is 0. The zero-order chi connectivity index (χ0) is 11.1. The lowest BCUT2D eigenvalue weighted by molar-refractivity contribution is 0.374. The number of nitrogens with one attached hydrogen (secondary N) is 1. The fraction of sp³-hybridized carbons (Fsp3) is 0.500. The minimum Gasteiger partial charge on any atom is -0.505 e. The minimum atomic E-state index is -0.498. The first kappa shape index (κ1) is 10.4. The SMILES string of the molecule is Cc1ccc(C2(C)CCCN2)c(O)c1F. The molecule has 0 aliphatic carbocycles. The van der Waals surface area contributed by atoms with Crippen molar-refractivity contribution < 1.29 is 9.50 Å². The molecule has 1 unspecified atom stereocenters. The van der Waals surface area contributed by atoms with Crippen LogP contribution in [0.4, 0.5) is 4.39 Å². The quantitative estimate of drug-likeness (QED) is 0.744. The molecule has 1 atom stereocenters. The van der Waals surface area contributed by atoms with Crippen LogP contribution in [0.2, 0.25) is 0 Å². The van der Waals surface area contributed by atoms with Crippen molar-refractivity contribution in [2.75, 3.05) is 6.54 Å². The molecule has 2 N–H and O–H groups in total. The van der Waals surface area contributed by atoms with E-state index in [1.54, 1.807) is 13.0 Å². The summed E-state index contributed by atoms with van der Waals surface area (Å²) >= 11 is 0. The number of phenols is 1. The standard InChI is InChI=1S/C12H16FNO/c1-8-4-5-9(11(15)10(8)13)12(2)6-3-7-14-12/h4-5,14-15H,3,6-7H2,1-2H3. The molecule has 0 amide bonds. The summed E-state index contributed by atoms with van der Waals surface area (Å²) in [6.45, 7) is 4.58. The molecule has 0 radical (unpaired) electrons. The van der Waals surface area contributed by atoms with Crippen LogP contribution < -0.4 is 5.32 Å². The van der Waals surface area contributed by atoms with Crippen molar-refractivity contribution >= 4 is 0 Å². The van der Waals surface area contributed by atoms with Gasteiger partial charge >= 0.3 is 0 Å². The Balaban J connectivity index is 2.49. The lowest BCUT2D eigenvalue weighted by Crippen LogP contribution is -2.33. The maximum Gasteiger partial charge on any atom is 0.168 e. The van der Waals surface area contributed by atoms with Crippen molar-refractivity contribution in [1.82, 2.24) is 5.32 Å². The summed E-state index contributed by atoms with van der Waals surface area (Å²) in [7, 11) is 0. The van der Waals surface area contributed by atoms with Crippen LogP contribution in [-0.2, 0) is 5.54 Å². The number of rotatable bonds is 1. The second-order valence-corrected chi connectivity index (χ2v) is 4.46. The molecule has 0 aromatic heterocycles. The van der Waals surface area contributed by atoms with Crippen LogP contribution in [0.3, 0.4) is 0 Å². The second-order valence-electron chi connectivity index (χ2n) is 4.46. The van der Waals surface area contributed by atoms with E-state index in [2.05, 4.69) is 5.32 Å². The van der Waals surface area contributed by atoms with Crippen LogP contribution in [0.15, 0.2) is 12.1 Å². The lowest BCUT2D eigenvalue weighted by Gasteiger charge is -2.26. The van der Waals surface area contributed by atoms with Gasteiger partial charge in [0.15, 0.2) is 11.6 Å². The predicted molar refractivity (Wildman–Crippen MR) is 57.4 cm³/mol. The van der Waals surface area contributed by atoms with E-state index in [0.717, 1.165) is 19.4 Å². The molecule has 2 rings (SSSR count). The summed E-state index contributed by atoms with van der Waals surface area (Å²) in [5.74, 6) is -0.700. The van der Waals surface area contributed by atoms with Crippen molar-refractivity contribution in [3.05, 3.63) is 29.1 Å². The molecule has 15 heavy (non-hydrogen) atoms. The van der Waals surface area contributed by atoms with E-state index in [4.69, 9.17) is 0 Å². The monoisotopic (exact) mass is 209 g/mol. The number of halogens is 1. The van der Waals surface area contributed by atoms with Crippen molar-refractivity contribution in [3.8, 4) is 5.75 Å². The Labute approximate surface area is 89.1 Å². The van der Waals surface area contributed by atoms with E-state index in [0.29, 0.717) is 11.1 Å². The number of hydrogen-bond acceptors (Lipinski definition) is 2. The molecule has 1 fully saturated rings. The predicted octanol–water partition coefficient (Wildman–Crippen LogP) is 2.44. The molecule has 1 aromatic rings. The van der Waals surface area contributed by atoms with Gasteiger partial charge in [-0.2, -0.15) is 0 Å². The van der Waals surface area contributed by atoms with E-state index >= 15 is 0 Å². The third-order valence-electron chi connectivity index (χ3n) is 3.27. The van der Waals surface area contributed by atoms with Crippen LogP contribution in [0.25, 0.3) is 0 Å². The van der Waals surface area contributed by atoms with Crippen LogP contribution in [0.1, 0.15) is 30.9 Å². The summed E-state index contributed by atoms with van der Waals surface area (Å²) in [5.41, 5.74) is 0.875. The van der Waals surface area contributed by atoms with Crippen LogP contribution >= 0.6 is 0 Å². The van der Waals surface area contributed by atoms with Crippen molar-refractivity contribution in [1.29, 1.82) is 0 Å². The lowest BCUT2D eigenvalue weighted by atomic mass is 9.89. The number of benzene rings is 1. The third kappa shape index (κ3) is 1.61. The van der Waals surface area contributed by atoms with Gasteiger partial charge in [-0.15, -0.1) is 0 Å². The summed E-state index contributed by atoms with van der Waals surface area (Å²) in [6, 6.07) is 3.53. The first-order valence-corrected chi connectivity index (χ1v) is 5.28. The Bertz CT molecular complexity index is 383. The summed E-state index contributed by atoms with van der Waals surface area (Å²) in [6.07, 6.45) is 1.99. The van der Waals surface area contributed by atoms with Gasteiger partial charge in [-0.1, -0.05) is 12.1 Å². The molecule has 1 aliphatic heterocycles. The van der Waals surface area contributed by atoms with E-state index in [-0.39, 0.29) is 11.3 Å². The molecule has 3 heteroatoms. The van der Waals surface area contributed by atoms with E-state index in [1.165, 1.54) is 0 Å². The highest BCUT2D eigenvalue weighted by Crippen LogP contribution is 2.37. The van der Waals surface area contributed by atoms with Crippen molar-refractivity contribution in [3.63, 3.8) is 0 Å². The molecule has 1 heterocycles. The molecule has 0 spiro atoms. The van der Waals surface area contributed by atoms with Gasteiger partial charge < -0.3 is 10.4 Å². The van der Waals surface area contributed by atoms with Gasteiger partial charge in [0.1, 0.15) is 0 Å². The molecule has 2 nitrogen and oxygen atoms in total. The number of phenolic OH excluding ortho intramolecular Hbond substituents is 1. The normalized spacial score (nSPS) is 25.8. The van der Waals surface area contributed by atoms with Gasteiger partial charge in [0.2, 0.25) is 0 Å². The maximum atomic E-state index is 13.5. The Morgan fingerprint density at radius 2 is 2.20 bits per heavy atom. The molecular weight excluding hydrogens is 193 g/mol. The maximum absolute atomic E-state index is 13.5. The Hall–Kier alpha value is -1.09. The highest BCUT2D eigenvalue weighted by Gasteiger charge is 2.33. The molecule has 1 aromatic carbocycles. The molecular formula is C12H16FNO. The molecule has 1 saturated heterocycles. The first-order valence-electron chi connectivity index (χ1n) is 5.28. The van der Waals surface area contributed by atoms with Crippen LogP contribution in [0.5, 0.6) is 5.75 Å². The van der Waals surface area contributed by atoms with Crippen LogP contribution in [-0.4, -0.2) is 11.7 Å². The zero-order valence-corrected chi connectivity index (χ0v) is 9.10. The van der Waals surface area contributed by atoms with E-state index < -0.39 is 5.82 Å². The Morgan fingerprint density at radius 1 is 1.47 bits per heavy atom. The molecule has 0 saturated carbocycles. The number of hydrogen-bond donors (Lipinski definition) is 2. The van der Waals surface area contributed by atoms with Gasteiger partial charge in [0.25, 0.3) is 0 Å². The van der Waals surface area contributed by atoms with Crippen molar-refractivity contribution in [2.24, 2.45) is 0 Å². The van der Waals surface area contributed by atoms with E-state index in [1.807, 2.05) is 13.0 Å². The smallest absolute Gasteiger partial charge is 0.168 e. The fourth-order valence-electron chi connectivity index (χ4n) is 2.24. The molecule has 0 bridgehead atoms. The van der Waals surface area contributed by atoms with Gasteiger partial charge in [-0.05, 0) is 38.8 Å². The zero-order valence-electron chi connectivity index (χ0n) is 9.10. The molecule has 82 valence electrons. The van der Waals surface area contributed by atoms with Gasteiger partial charge in [0.05, 0.1) is 0 Å². The van der Waals surface area contributed by atoms with Crippen LogP contribution in [0, 0.1) is 12.7 Å². The first-order chi connectivity index (χ1) is 7.04. The second kappa shape index (κ2) is 3.49. The average molecular weight is 209 g/mol. The van der Waals surface area contributed by atoms with E-state index in [9.17, 15) is 9.50 Å². The highest BCUT2D eigenvalue weighted by atomic mass is 19.1. The Kier molecular flexibility index (Phi) is 2.43.